The molecule has 3 aromatic rings. The van der Waals surface area contributed by atoms with E-state index in [9.17, 15) is 17.6 Å². The summed E-state index contributed by atoms with van der Waals surface area (Å²) in [6.07, 6.45) is 0. The maximum absolute atomic E-state index is 14.0. The molecule has 0 aliphatic carbocycles. The molecular weight excluding hydrogens is 451 g/mol. The van der Waals surface area contributed by atoms with E-state index in [0.29, 0.717) is 31.3 Å². The van der Waals surface area contributed by atoms with Crippen molar-refractivity contribution in [3.63, 3.8) is 0 Å². The van der Waals surface area contributed by atoms with Gasteiger partial charge in [-0.05, 0) is 49.4 Å². The first-order valence-electron chi connectivity index (χ1n) is 10.1. The lowest BCUT2D eigenvalue weighted by atomic mass is 10.2. The number of nitrogens with one attached hydrogen (secondary N) is 2. The minimum Gasteiger partial charge on any atom is -0.491 e. The Balaban J connectivity index is 1.49. The van der Waals surface area contributed by atoms with E-state index in [0.717, 1.165) is 6.07 Å². The monoisotopic (exact) mass is 472 g/mol. The molecule has 33 heavy (non-hydrogen) atoms. The van der Waals surface area contributed by atoms with Gasteiger partial charge in [0.1, 0.15) is 13.2 Å². The van der Waals surface area contributed by atoms with Gasteiger partial charge >= 0.3 is 0 Å². The third kappa shape index (κ3) is 5.17. The molecule has 0 aromatic heterocycles. The number of carbonyl (C=O) groups is 1. The maximum atomic E-state index is 14.0. The van der Waals surface area contributed by atoms with Crippen molar-refractivity contribution in [2.45, 2.75) is 11.8 Å². The van der Waals surface area contributed by atoms with Crippen molar-refractivity contribution in [3.05, 3.63) is 72.0 Å². The van der Waals surface area contributed by atoms with Gasteiger partial charge in [-0.2, -0.15) is 0 Å². The Labute approximate surface area is 190 Å². The normalized spacial score (nSPS) is 12.7. The Morgan fingerprint density at radius 2 is 1.79 bits per heavy atom. The zero-order valence-corrected chi connectivity index (χ0v) is 18.4. The van der Waals surface area contributed by atoms with Crippen LogP contribution in [0.25, 0.3) is 0 Å². The van der Waals surface area contributed by atoms with E-state index in [1.54, 1.807) is 6.92 Å². The Hall–Kier alpha value is -3.79. The molecule has 1 aliphatic heterocycles. The van der Waals surface area contributed by atoms with E-state index < -0.39 is 21.7 Å². The van der Waals surface area contributed by atoms with Crippen molar-refractivity contribution in [1.29, 1.82) is 0 Å². The summed E-state index contributed by atoms with van der Waals surface area (Å²) in [7, 11) is -3.94. The molecule has 3 aromatic carbocycles. The lowest BCUT2D eigenvalue weighted by Gasteiger charge is -2.19. The quantitative estimate of drug-likeness (QED) is 0.538. The molecule has 0 bridgehead atoms. The fraction of sp³-hybridized carbons (Fsp3) is 0.174. The Morgan fingerprint density at radius 3 is 2.55 bits per heavy atom. The van der Waals surface area contributed by atoms with Crippen LogP contribution in [0.1, 0.15) is 17.3 Å². The largest absolute Gasteiger partial charge is 0.491 e. The number of hydrogen-bond donors (Lipinski definition) is 2. The van der Waals surface area contributed by atoms with E-state index in [4.69, 9.17) is 14.2 Å². The average molecular weight is 472 g/mol. The van der Waals surface area contributed by atoms with Crippen LogP contribution in [0.5, 0.6) is 17.2 Å². The van der Waals surface area contributed by atoms with Crippen LogP contribution in [0.15, 0.2) is 65.6 Å². The standard InChI is InChI=1S/C23H21FN2O6S/c1-2-30-20-8-6-16(13-19(20)24)25-23(27)15-4-3-5-17(12-15)26-33(28,29)18-7-9-21-22(14-18)32-11-10-31-21/h3-9,12-14,26H,2,10-11H2,1H3,(H,25,27). The summed E-state index contributed by atoms with van der Waals surface area (Å²) < 4.78 is 58.1. The topological polar surface area (TPSA) is 103 Å². The van der Waals surface area contributed by atoms with Crippen molar-refractivity contribution < 1.29 is 31.8 Å². The SMILES string of the molecule is CCOc1ccc(NC(=O)c2cccc(NS(=O)(=O)c3ccc4c(c3)OCCO4)c2)cc1F. The van der Waals surface area contributed by atoms with Gasteiger partial charge in [-0.1, -0.05) is 6.07 Å². The molecule has 1 aliphatic rings. The summed E-state index contributed by atoms with van der Waals surface area (Å²) in [5.74, 6) is -0.218. The highest BCUT2D eigenvalue weighted by Gasteiger charge is 2.20. The van der Waals surface area contributed by atoms with Crippen LogP contribution in [0, 0.1) is 5.82 Å². The van der Waals surface area contributed by atoms with Gasteiger partial charge in [0, 0.05) is 29.1 Å². The molecule has 1 amide bonds. The lowest BCUT2D eigenvalue weighted by molar-refractivity contribution is 0.102. The number of benzene rings is 3. The molecule has 0 radical (unpaired) electrons. The van der Waals surface area contributed by atoms with Crippen LogP contribution >= 0.6 is 0 Å². The van der Waals surface area contributed by atoms with Gasteiger partial charge in [0.25, 0.3) is 15.9 Å². The van der Waals surface area contributed by atoms with Gasteiger partial charge in [-0.25, -0.2) is 12.8 Å². The zero-order valence-electron chi connectivity index (χ0n) is 17.6. The fourth-order valence-corrected chi connectivity index (χ4v) is 4.25. The third-order valence-corrected chi connectivity index (χ3v) is 6.07. The minimum absolute atomic E-state index is 0.00790. The first-order chi connectivity index (χ1) is 15.9. The second-order valence-corrected chi connectivity index (χ2v) is 8.71. The zero-order chi connectivity index (χ0) is 23.4. The van der Waals surface area contributed by atoms with Gasteiger partial charge in [-0.3, -0.25) is 9.52 Å². The van der Waals surface area contributed by atoms with Gasteiger partial charge in [0.2, 0.25) is 0 Å². The van der Waals surface area contributed by atoms with E-state index >= 15 is 0 Å². The molecule has 2 N–H and O–H groups in total. The Morgan fingerprint density at radius 1 is 1.00 bits per heavy atom. The molecule has 0 saturated heterocycles. The number of anilines is 2. The van der Waals surface area contributed by atoms with Crippen LogP contribution in [0.4, 0.5) is 15.8 Å². The molecule has 172 valence electrons. The van der Waals surface area contributed by atoms with E-state index in [1.807, 2.05) is 0 Å². The number of amides is 1. The summed E-state index contributed by atoms with van der Waals surface area (Å²) in [5.41, 5.74) is 0.616. The summed E-state index contributed by atoms with van der Waals surface area (Å²) >= 11 is 0. The highest BCUT2D eigenvalue weighted by Crippen LogP contribution is 2.33. The number of hydrogen-bond acceptors (Lipinski definition) is 6. The van der Waals surface area contributed by atoms with Crippen LogP contribution in [0.2, 0.25) is 0 Å². The molecular formula is C23H21FN2O6S. The number of carbonyl (C=O) groups excluding carboxylic acids is 1. The predicted molar refractivity (Wildman–Crippen MR) is 120 cm³/mol. The van der Waals surface area contributed by atoms with Crippen molar-refractivity contribution in [2.75, 3.05) is 29.9 Å². The summed E-state index contributed by atoms with van der Waals surface area (Å²) in [4.78, 5) is 12.6. The molecule has 0 spiro atoms. The molecule has 0 fully saturated rings. The van der Waals surface area contributed by atoms with Crippen molar-refractivity contribution >= 4 is 27.3 Å². The second kappa shape index (κ2) is 9.37. The van der Waals surface area contributed by atoms with E-state index in [1.165, 1.54) is 54.6 Å². The van der Waals surface area contributed by atoms with Crippen molar-refractivity contribution in [3.8, 4) is 17.2 Å². The first-order valence-corrected chi connectivity index (χ1v) is 11.6. The highest BCUT2D eigenvalue weighted by atomic mass is 32.2. The second-order valence-electron chi connectivity index (χ2n) is 7.02. The Kier molecular flexibility index (Phi) is 6.36. The summed E-state index contributed by atoms with van der Waals surface area (Å²) in [6, 6.07) is 14.4. The molecule has 0 saturated carbocycles. The number of halogens is 1. The van der Waals surface area contributed by atoms with Crippen LogP contribution < -0.4 is 24.2 Å². The molecule has 0 unspecified atom stereocenters. The fourth-order valence-electron chi connectivity index (χ4n) is 3.18. The molecule has 8 nitrogen and oxygen atoms in total. The molecule has 10 heteroatoms. The first kappa shape index (κ1) is 22.4. The highest BCUT2D eigenvalue weighted by molar-refractivity contribution is 7.92. The number of ether oxygens (including phenoxy) is 3. The lowest BCUT2D eigenvalue weighted by Crippen LogP contribution is -2.17. The Bertz CT molecular complexity index is 1300. The van der Waals surface area contributed by atoms with Crippen LogP contribution in [-0.4, -0.2) is 34.1 Å². The van der Waals surface area contributed by atoms with E-state index in [2.05, 4.69) is 10.0 Å². The molecule has 4 rings (SSSR count). The molecule has 1 heterocycles. The predicted octanol–water partition coefficient (Wildman–Crippen LogP) is 4.05. The summed E-state index contributed by atoms with van der Waals surface area (Å²) in [6.45, 7) is 2.79. The average Bonchev–Trinajstić information content (AvgIpc) is 2.80. The minimum atomic E-state index is -3.94. The van der Waals surface area contributed by atoms with Crippen LogP contribution in [0.3, 0.4) is 0 Å². The smallest absolute Gasteiger partial charge is 0.262 e. The number of fused-ring (bicyclic) bond motifs is 1. The van der Waals surface area contributed by atoms with E-state index in [-0.39, 0.29) is 27.6 Å². The number of sulfonamides is 1. The maximum Gasteiger partial charge on any atom is 0.262 e. The third-order valence-electron chi connectivity index (χ3n) is 4.69. The van der Waals surface area contributed by atoms with Gasteiger partial charge in [0.15, 0.2) is 23.1 Å². The van der Waals surface area contributed by atoms with Gasteiger partial charge < -0.3 is 19.5 Å². The van der Waals surface area contributed by atoms with Crippen LogP contribution in [-0.2, 0) is 10.0 Å². The molecule has 0 atom stereocenters. The van der Waals surface area contributed by atoms with Gasteiger partial charge in [-0.15, -0.1) is 0 Å². The van der Waals surface area contributed by atoms with Crippen molar-refractivity contribution in [1.82, 2.24) is 0 Å². The van der Waals surface area contributed by atoms with Gasteiger partial charge in [0.05, 0.1) is 11.5 Å². The summed E-state index contributed by atoms with van der Waals surface area (Å²) in [5, 5.41) is 2.58. The van der Waals surface area contributed by atoms with Crippen molar-refractivity contribution in [2.24, 2.45) is 0 Å². The number of rotatable bonds is 7.